The third-order valence-electron chi connectivity index (χ3n) is 4.10. The molecule has 0 aliphatic carbocycles. The molecule has 3 aromatic rings. The minimum absolute atomic E-state index is 0.0350. The van der Waals surface area contributed by atoms with E-state index in [-0.39, 0.29) is 18.0 Å². The Balaban J connectivity index is 1.70. The van der Waals surface area contributed by atoms with Crippen LogP contribution in [0.15, 0.2) is 30.7 Å². The molecule has 0 unspecified atom stereocenters. The summed E-state index contributed by atoms with van der Waals surface area (Å²) in [5, 5.41) is 6.50. The Morgan fingerprint density at radius 3 is 2.54 bits per heavy atom. The highest BCUT2D eigenvalue weighted by molar-refractivity contribution is 5.92. The Labute approximate surface area is 148 Å². The SMILES string of the molecule is Cc1nn(C(F)F)c(C)c1CC(=O)Nc1ccc(-n2ccnc2C)nc1. The molecular weight excluding hydrogens is 342 g/mol. The van der Waals surface area contributed by atoms with Crippen LogP contribution < -0.4 is 5.32 Å². The fraction of sp³-hybridized carbons (Fsp3) is 0.294. The Kier molecular flexibility index (Phi) is 4.79. The first-order chi connectivity index (χ1) is 12.4. The number of carbonyl (C=O) groups is 1. The minimum atomic E-state index is -2.73. The van der Waals surface area contributed by atoms with E-state index >= 15 is 0 Å². The molecule has 0 radical (unpaired) electrons. The first kappa shape index (κ1) is 17.7. The summed E-state index contributed by atoms with van der Waals surface area (Å²) in [7, 11) is 0. The molecule has 3 aromatic heterocycles. The molecule has 0 atom stereocenters. The number of hydrogen-bond donors (Lipinski definition) is 1. The maximum absolute atomic E-state index is 12.9. The van der Waals surface area contributed by atoms with E-state index in [2.05, 4.69) is 20.4 Å². The number of nitrogens with zero attached hydrogens (tertiary/aromatic N) is 5. The average molecular weight is 360 g/mol. The van der Waals surface area contributed by atoms with Crippen LogP contribution in [0.2, 0.25) is 0 Å². The summed E-state index contributed by atoms with van der Waals surface area (Å²) in [6.07, 6.45) is 4.97. The quantitative estimate of drug-likeness (QED) is 0.759. The first-order valence-electron chi connectivity index (χ1n) is 7.95. The van der Waals surface area contributed by atoms with Gasteiger partial charge in [0, 0.05) is 23.7 Å². The number of pyridine rings is 1. The van der Waals surface area contributed by atoms with Gasteiger partial charge in [0.2, 0.25) is 5.91 Å². The summed E-state index contributed by atoms with van der Waals surface area (Å²) >= 11 is 0. The number of halogens is 2. The van der Waals surface area contributed by atoms with Gasteiger partial charge in [-0.1, -0.05) is 0 Å². The van der Waals surface area contributed by atoms with Crippen LogP contribution in [0.3, 0.4) is 0 Å². The number of aryl methyl sites for hydroxylation is 2. The molecule has 7 nitrogen and oxygen atoms in total. The maximum Gasteiger partial charge on any atom is 0.333 e. The normalized spacial score (nSPS) is 11.2. The number of anilines is 1. The van der Waals surface area contributed by atoms with Gasteiger partial charge < -0.3 is 5.32 Å². The summed E-state index contributed by atoms with van der Waals surface area (Å²) in [6, 6.07) is 3.48. The van der Waals surface area contributed by atoms with Crippen LogP contribution >= 0.6 is 0 Å². The molecule has 0 aliphatic rings. The van der Waals surface area contributed by atoms with E-state index in [9.17, 15) is 13.6 Å². The van der Waals surface area contributed by atoms with Crippen molar-refractivity contribution < 1.29 is 13.6 Å². The predicted octanol–water partition coefficient (Wildman–Crippen LogP) is 2.97. The Hall–Kier alpha value is -3.10. The second-order valence-electron chi connectivity index (χ2n) is 5.85. The minimum Gasteiger partial charge on any atom is -0.324 e. The van der Waals surface area contributed by atoms with Gasteiger partial charge in [0.05, 0.1) is 24.0 Å². The van der Waals surface area contributed by atoms with Gasteiger partial charge in [-0.15, -0.1) is 0 Å². The number of imidazole rings is 1. The van der Waals surface area contributed by atoms with Crippen LogP contribution in [0.4, 0.5) is 14.5 Å². The Morgan fingerprint density at radius 2 is 2.00 bits per heavy atom. The maximum atomic E-state index is 12.9. The Bertz CT molecular complexity index is 929. The van der Waals surface area contributed by atoms with Gasteiger partial charge >= 0.3 is 6.55 Å². The third-order valence-corrected chi connectivity index (χ3v) is 4.10. The van der Waals surface area contributed by atoms with E-state index in [0.717, 1.165) is 5.82 Å². The summed E-state index contributed by atoms with van der Waals surface area (Å²) in [5.74, 6) is 1.16. The van der Waals surface area contributed by atoms with Crippen molar-refractivity contribution in [1.29, 1.82) is 0 Å². The van der Waals surface area contributed by atoms with Crippen LogP contribution in [-0.2, 0) is 11.2 Å². The van der Waals surface area contributed by atoms with E-state index in [4.69, 9.17) is 0 Å². The monoisotopic (exact) mass is 360 g/mol. The topological polar surface area (TPSA) is 77.6 Å². The van der Waals surface area contributed by atoms with Crippen molar-refractivity contribution in [2.24, 2.45) is 0 Å². The zero-order chi connectivity index (χ0) is 18.8. The highest BCUT2D eigenvalue weighted by atomic mass is 19.3. The zero-order valence-electron chi connectivity index (χ0n) is 14.6. The smallest absolute Gasteiger partial charge is 0.324 e. The summed E-state index contributed by atoms with van der Waals surface area (Å²) in [6.45, 7) is 2.27. The van der Waals surface area contributed by atoms with Crippen molar-refractivity contribution in [1.82, 2.24) is 24.3 Å². The molecule has 0 bridgehead atoms. The first-order valence-corrected chi connectivity index (χ1v) is 7.95. The van der Waals surface area contributed by atoms with Crippen molar-refractivity contribution in [3.05, 3.63) is 53.5 Å². The lowest BCUT2D eigenvalue weighted by Gasteiger charge is -2.08. The van der Waals surface area contributed by atoms with Crippen LogP contribution in [0.1, 0.15) is 29.3 Å². The van der Waals surface area contributed by atoms with Gasteiger partial charge in [-0.3, -0.25) is 9.36 Å². The lowest BCUT2D eigenvalue weighted by molar-refractivity contribution is -0.115. The molecule has 0 saturated heterocycles. The number of rotatable bonds is 5. The van der Waals surface area contributed by atoms with Gasteiger partial charge in [-0.05, 0) is 32.9 Å². The summed E-state index contributed by atoms with van der Waals surface area (Å²) in [5.41, 5.74) is 1.73. The van der Waals surface area contributed by atoms with Crippen LogP contribution in [0, 0.1) is 20.8 Å². The standard InChI is InChI=1S/C17H18F2N6O/c1-10-14(11(2)25(23-10)17(18)19)8-16(26)22-13-4-5-15(21-9-13)24-7-6-20-12(24)3/h4-7,9,17H,8H2,1-3H3,(H,22,26). The molecule has 9 heteroatoms. The molecule has 0 fully saturated rings. The van der Waals surface area contributed by atoms with E-state index < -0.39 is 6.55 Å². The second kappa shape index (κ2) is 7.03. The van der Waals surface area contributed by atoms with Crippen LogP contribution in [0.5, 0.6) is 0 Å². The molecule has 3 rings (SSSR count). The molecule has 26 heavy (non-hydrogen) atoms. The van der Waals surface area contributed by atoms with Crippen LogP contribution in [-0.4, -0.2) is 30.2 Å². The second-order valence-corrected chi connectivity index (χ2v) is 5.85. The van der Waals surface area contributed by atoms with Crippen molar-refractivity contribution in [3.63, 3.8) is 0 Å². The van der Waals surface area contributed by atoms with E-state index in [1.807, 2.05) is 11.5 Å². The number of nitrogens with one attached hydrogen (secondary N) is 1. The van der Waals surface area contributed by atoms with E-state index in [0.29, 0.717) is 27.4 Å². The van der Waals surface area contributed by atoms with E-state index in [1.54, 1.807) is 31.5 Å². The number of hydrogen-bond acceptors (Lipinski definition) is 4. The predicted molar refractivity (Wildman–Crippen MR) is 91.4 cm³/mol. The molecule has 0 aromatic carbocycles. The zero-order valence-corrected chi connectivity index (χ0v) is 14.6. The van der Waals surface area contributed by atoms with Gasteiger partial charge in [-0.2, -0.15) is 13.9 Å². The lowest BCUT2D eigenvalue weighted by Crippen LogP contribution is -2.16. The number of alkyl halides is 2. The van der Waals surface area contributed by atoms with Crippen LogP contribution in [0.25, 0.3) is 5.82 Å². The summed E-state index contributed by atoms with van der Waals surface area (Å²) in [4.78, 5) is 20.7. The fourth-order valence-electron chi connectivity index (χ4n) is 2.73. The molecule has 1 N–H and O–H groups in total. The highest BCUT2D eigenvalue weighted by Gasteiger charge is 2.19. The van der Waals surface area contributed by atoms with Gasteiger partial charge in [-0.25, -0.2) is 14.6 Å². The molecule has 0 spiro atoms. The molecule has 0 saturated carbocycles. The van der Waals surface area contributed by atoms with Crippen molar-refractivity contribution in [3.8, 4) is 5.82 Å². The Morgan fingerprint density at radius 1 is 1.23 bits per heavy atom. The number of aromatic nitrogens is 5. The van der Waals surface area contributed by atoms with Gasteiger partial charge in [0.25, 0.3) is 0 Å². The molecule has 136 valence electrons. The molecule has 3 heterocycles. The van der Waals surface area contributed by atoms with Crippen molar-refractivity contribution >= 4 is 11.6 Å². The average Bonchev–Trinajstić information content (AvgIpc) is 3.14. The fourth-order valence-corrected chi connectivity index (χ4v) is 2.73. The number of carbonyl (C=O) groups excluding carboxylic acids is 1. The van der Waals surface area contributed by atoms with Gasteiger partial charge in [0.15, 0.2) is 0 Å². The third kappa shape index (κ3) is 3.46. The molecule has 0 aliphatic heterocycles. The van der Waals surface area contributed by atoms with Crippen molar-refractivity contribution in [2.75, 3.05) is 5.32 Å². The van der Waals surface area contributed by atoms with E-state index in [1.165, 1.54) is 13.1 Å². The molecular formula is C17H18F2N6O. The lowest BCUT2D eigenvalue weighted by atomic mass is 10.1. The molecule has 1 amide bonds. The summed E-state index contributed by atoms with van der Waals surface area (Å²) < 4.78 is 28.2. The highest BCUT2D eigenvalue weighted by Crippen LogP contribution is 2.20. The van der Waals surface area contributed by atoms with Crippen molar-refractivity contribution in [2.45, 2.75) is 33.7 Å². The van der Waals surface area contributed by atoms with Gasteiger partial charge in [0.1, 0.15) is 11.6 Å². The largest absolute Gasteiger partial charge is 0.333 e. The number of amides is 1.